The van der Waals surface area contributed by atoms with Crippen molar-refractivity contribution in [1.82, 2.24) is 25.0 Å². The Balaban J connectivity index is 2.03. The molecule has 0 radical (unpaired) electrons. The molecule has 0 aromatic carbocycles. The van der Waals surface area contributed by atoms with Crippen LogP contribution in [0.1, 0.15) is 30.4 Å². The molecular weight excluding hydrogens is 454 g/mol. The Labute approximate surface area is 153 Å². The van der Waals surface area contributed by atoms with Gasteiger partial charge in [-0.3, -0.25) is 14.2 Å². The quantitative estimate of drug-likeness (QED) is 0.524. The van der Waals surface area contributed by atoms with Crippen molar-refractivity contribution in [3.8, 4) is 0 Å². The highest BCUT2D eigenvalue weighted by molar-refractivity contribution is 9.10. The molecule has 0 unspecified atom stereocenters. The molecule has 0 spiro atoms. The van der Waals surface area contributed by atoms with Crippen molar-refractivity contribution < 1.29 is 13.6 Å². The van der Waals surface area contributed by atoms with Crippen LogP contribution in [0.3, 0.4) is 0 Å². The summed E-state index contributed by atoms with van der Waals surface area (Å²) in [4.78, 5) is 11.9. The fourth-order valence-electron chi connectivity index (χ4n) is 1.93. The predicted octanol–water partition coefficient (Wildman–Crippen LogP) is 3.02. The number of alkyl halides is 2. The summed E-state index contributed by atoms with van der Waals surface area (Å²) in [6.07, 6.45) is 0.366. The highest BCUT2D eigenvalue weighted by atomic mass is 79.9. The fourth-order valence-corrected chi connectivity index (χ4v) is 2.79. The number of hydrogen-bond acceptors (Lipinski definition) is 4. The topological polar surface area (TPSA) is 77.1 Å². The summed E-state index contributed by atoms with van der Waals surface area (Å²) in [7, 11) is 0. The minimum atomic E-state index is -2.72. The first kappa shape index (κ1) is 18.7. The lowest BCUT2D eigenvalue weighted by Gasteiger charge is -2.03. The lowest BCUT2D eigenvalue weighted by atomic mass is 10.4. The molecule has 7 nitrogen and oxygen atoms in total. The maximum absolute atomic E-state index is 12.8. The summed E-state index contributed by atoms with van der Waals surface area (Å²) >= 11 is 6.39. The average Bonchev–Trinajstić information content (AvgIpc) is 3.02. The van der Waals surface area contributed by atoms with E-state index in [9.17, 15) is 13.6 Å². The Hall–Kier alpha value is -1.62. The van der Waals surface area contributed by atoms with Gasteiger partial charge < -0.3 is 0 Å². The molecule has 0 fully saturated rings. The molecule has 1 N–H and O–H groups in total. The zero-order valence-electron chi connectivity index (χ0n) is 12.8. The van der Waals surface area contributed by atoms with Gasteiger partial charge in [-0.15, -0.1) is 0 Å². The fraction of sp³-hybridized carbons (Fsp3) is 0.385. The van der Waals surface area contributed by atoms with Gasteiger partial charge in [-0.2, -0.15) is 15.3 Å². The van der Waals surface area contributed by atoms with Crippen LogP contribution in [0.15, 0.2) is 20.2 Å². The third kappa shape index (κ3) is 4.07. The Morgan fingerprint density at radius 3 is 2.75 bits per heavy atom. The molecule has 24 heavy (non-hydrogen) atoms. The van der Waals surface area contributed by atoms with Gasteiger partial charge in [-0.1, -0.05) is 0 Å². The van der Waals surface area contributed by atoms with Gasteiger partial charge in [0.1, 0.15) is 12.2 Å². The van der Waals surface area contributed by atoms with Gasteiger partial charge in [0.05, 0.1) is 32.7 Å². The Kier molecular flexibility index (Phi) is 6.21. The van der Waals surface area contributed by atoms with Gasteiger partial charge in [-0.25, -0.2) is 14.2 Å². The molecule has 1 amide bonds. The molecule has 0 saturated carbocycles. The largest absolute Gasteiger partial charge is 0.283 e. The number of rotatable bonds is 6. The number of hydrogen-bond donors (Lipinski definition) is 1. The van der Waals surface area contributed by atoms with E-state index in [1.54, 1.807) is 17.8 Å². The number of aromatic nitrogens is 4. The van der Waals surface area contributed by atoms with E-state index in [0.717, 1.165) is 4.47 Å². The number of nitrogens with one attached hydrogen (secondary N) is 1. The number of amides is 1. The first-order valence-electron chi connectivity index (χ1n) is 6.89. The number of aryl methyl sites for hydroxylation is 1. The number of carbonyl (C=O) groups is 1. The first-order valence-corrected chi connectivity index (χ1v) is 8.47. The van der Waals surface area contributed by atoms with Crippen molar-refractivity contribution >= 4 is 44.0 Å². The lowest BCUT2D eigenvalue weighted by molar-refractivity contribution is -0.121. The number of hydrazone groups is 1. The summed E-state index contributed by atoms with van der Waals surface area (Å²) in [6, 6.07) is 0. The van der Waals surface area contributed by atoms with Gasteiger partial charge in [0.15, 0.2) is 0 Å². The second-order valence-electron chi connectivity index (χ2n) is 4.73. The van der Waals surface area contributed by atoms with E-state index in [-0.39, 0.29) is 16.7 Å². The third-order valence-corrected chi connectivity index (χ3v) is 4.76. The summed E-state index contributed by atoms with van der Waals surface area (Å²) < 4.78 is 29.4. The minimum absolute atomic E-state index is 0.199. The molecule has 2 heterocycles. The van der Waals surface area contributed by atoms with Crippen molar-refractivity contribution in [3.63, 3.8) is 0 Å². The third-order valence-electron chi connectivity index (χ3n) is 3.17. The molecule has 2 aromatic heterocycles. The Morgan fingerprint density at radius 1 is 1.46 bits per heavy atom. The number of nitrogens with zero attached hydrogens (tertiary/aromatic N) is 5. The summed E-state index contributed by atoms with van der Waals surface area (Å²) in [6.45, 7) is 3.95. The molecule has 0 aliphatic carbocycles. The van der Waals surface area contributed by atoms with Crippen molar-refractivity contribution in [2.24, 2.45) is 5.10 Å². The maximum Gasteiger partial charge on any atom is 0.283 e. The molecule has 11 heteroatoms. The Morgan fingerprint density at radius 2 is 2.17 bits per heavy atom. The van der Waals surface area contributed by atoms with Crippen LogP contribution in [0.5, 0.6) is 0 Å². The highest BCUT2D eigenvalue weighted by Crippen LogP contribution is 2.28. The standard InChI is InChI=1S/C13H14Br2F2N6O/c1-3-22-9(8(14)4-19-22)5-18-20-10(24)6-23-7(2)11(15)12(21-23)13(16)17/h4-5,13H,3,6H2,1-2H3,(H,20,24)/b18-5-. The average molecular weight is 468 g/mol. The second-order valence-corrected chi connectivity index (χ2v) is 6.38. The van der Waals surface area contributed by atoms with Gasteiger partial charge >= 0.3 is 0 Å². The Bertz CT molecular complexity index is 771. The monoisotopic (exact) mass is 466 g/mol. The minimum Gasteiger partial charge on any atom is -0.271 e. The van der Waals surface area contributed by atoms with Crippen molar-refractivity contribution in [3.05, 3.63) is 32.2 Å². The number of carbonyl (C=O) groups excluding carboxylic acids is 1. The van der Waals surface area contributed by atoms with E-state index < -0.39 is 12.3 Å². The van der Waals surface area contributed by atoms with E-state index in [4.69, 9.17) is 0 Å². The molecule has 2 rings (SSSR count). The summed E-state index contributed by atoms with van der Waals surface area (Å²) in [5.74, 6) is -0.483. The van der Waals surface area contributed by atoms with E-state index in [2.05, 4.69) is 52.6 Å². The van der Waals surface area contributed by atoms with Crippen molar-refractivity contribution in [1.29, 1.82) is 0 Å². The summed E-state index contributed by atoms with van der Waals surface area (Å²) in [5, 5.41) is 11.7. The van der Waals surface area contributed by atoms with Crippen LogP contribution in [0.2, 0.25) is 0 Å². The van der Waals surface area contributed by atoms with Crippen molar-refractivity contribution in [2.45, 2.75) is 33.4 Å². The number of halogens is 4. The van der Waals surface area contributed by atoms with Crippen LogP contribution in [0.25, 0.3) is 0 Å². The van der Waals surface area contributed by atoms with Gasteiger partial charge in [0.2, 0.25) is 0 Å². The van der Waals surface area contributed by atoms with Gasteiger partial charge in [-0.05, 0) is 45.7 Å². The smallest absolute Gasteiger partial charge is 0.271 e. The van der Waals surface area contributed by atoms with Crippen LogP contribution in [-0.4, -0.2) is 31.7 Å². The van der Waals surface area contributed by atoms with E-state index in [0.29, 0.717) is 17.9 Å². The van der Waals surface area contributed by atoms with Crippen LogP contribution in [0, 0.1) is 6.92 Å². The van der Waals surface area contributed by atoms with Gasteiger partial charge in [0.25, 0.3) is 12.3 Å². The second kappa shape index (κ2) is 7.97. The lowest BCUT2D eigenvalue weighted by Crippen LogP contribution is -2.24. The molecule has 0 atom stereocenters. The molecular formula is C13H14Br2F2N6O. The van der Waals surface area contributed by atoms with E-state index in [1.807, 2.05) is 6.92 Å². The summed E-state index contributed by atoms with van der Waals surface area (Å²) in [5.41, 5.74) is 3.09. The molecule has 2 aromatic rings. The van der Waals surface area contributed by atoms with Crippen LogP contribution < -0.4 is 5.43 Å². The highest BCUT2D eigenvalue weighted by Gasteiger charge is 2.21. The predicted molar refractivity (Wildman–Crippen MR) is 91.0 cm³/mol. The van der Waals surface area contributed by atoms with E-state index >= 15 is 0 Å². The zero-order valence-corrected chi connectivity index (χ0v) is 16.0. The van der Waals surface area contributed by atoms with E-state index in [1.165, 1.54) is 10.9 Å². The van der Waals surface area contributed by atoms with Crippen LogP contribution in [0.4, 0.5) is 8.78 Å². The van der Waals surface area contributed by atoms with Crippen LogP contribution >= 0.6 is 31.9 Å². The molecule has 0 aliphatic heterocycles. The van der Waals surface area contributed by atoms with Crippen molar-refractivity contribution in [2.75, 3.05) is 0 Å². The van der Waals surface area contributed by atoms with Gasteiger partial charge in [0, 0.05) is 6.54 Å². The normalized spacial score (nSPS) is 11.6. The maximum atomic E-state index is 12.8. The molecule has 0 aliphatic rings. The first-order chi connectivity index (χ1) is 11.3. The zero-order chi connectivity index (χ0) is 17.9. The SMILES string of the molecule is CCn1ncc(Br)c1/C=N\NC(=O)Cn1nc(C(F)F)c(Br)c1C. The molecule has 0 saturated heterocycles. The molecule has 130 valence electrons. The molecule has 0 bridgehead atoms. The van der Waals surface area contributed by atoms with Crippen LogP contribution in [-0.2, 0) is 17.9 Å².